The van der Waals surface area contributed by atoms with Crippen LogP contribution in [-0.2, 0) is 24.4 Å². The van der Waals surface area contributed by atoms with Gasteiger partial charge in [-0.1, -0.05) is 12.8 Å². The van der Waals surface area contributed by atoms with E-state index in [1.807, 2.05) is 13.1 Å². The van der Waals surface area contributed by atoms with Crippen molar-refractivity contribution in [2.45, 2.75) is 57.4 Å². The molecule has 2 aromatic rings. The van der Waals surface area contributed by atoms with Crippen LogP contribution >= 0.6 is 0 Å². The first kappa shape index (κ1) is 19.8. The topological polar surface area (TPSA) is 48.3 Å². The third kappa shape index (κ3) is 4.84. The van der Waals surface area contributed by atoms with Crippen molar-refractivity contribution in [2.24, 2.45) is 0 Å². The molecule has 0 radical (unpaired) electrons. The predicted octanol–water partition coefficient (Wildman–Crippen LogP) is 3.81. The zero-order valence-electron chi connectivity index (χ0n) is 15.9. The van der Waals surface area contributed by atoms with Gasteiger partial charge in [0.25, 0.3) is 0 Å². The van der Waals surface area contributed by atoms with Crippen LogP contribution in [0.3, 0.4) is 0 Å². The molecule has 7 heteroatoms. The Kier molecular flexibility index (Phi) is 6.44. The van der Waals surface area contributed by atoms with Crippen LogP contribution in [0.2, 0.25) is 0 Å². The zero-order chi connectivity index (χ0) is 19.3. The minimum atomic E-state index is -0.484. The molecule has 1 aromatic carbocycles. The molecular formula is C20H27F2N3O2. The van der Waals surface area contributed by atoms with Crippen LogP contribution < -0.4 is 10.1 Å². The third-order valence-corrected chi connectivity index (χ3v) is 5.26. The van der Waals surface area contributed by atoms with Crippen molar-refractivity contribution in [3.05, 3.63) is 47.2 Å². The molecule has 1 N–H and O–H groups in total. The molecular weight excluding hydrogens is 352 g/mol. The van der Waals surface area contributed by atoms with Gasteiger partial charge in [0, 0.05) is 31.8 Å². The minimum absolute atomic E-state index is 0.0519. The summed E-state index contributed by atoms with van der Waals surface area (Å²) in [5.74, 6) is -0.419. The van der Waals surface area contributed by atoms with Crippen LogP contribution in [0.1, 0.15) is 43.4 Å². The Morgan fingerprint density at radius 2 is 2.00 bits per heavy atom. The highest BCUT2D eigenvalue weighted by Crippen LogP contribution is 2.36. The van der Waals surface area contributed by atoms with E-state index >= 15 is 0 Å². The fourth-order valence-corrected chi connectivity index (χ4v) is 3.68. The number of aryl methyl sites for hydroxylation is 1. The van der Waals surface area contributed by atoms with E-state index in [2.05, 4.69) is 10.4 Å². The van der Waals surface area contributed by atoms with Crippen molar-refractivity contribution in [1.82, 2.24) is 15.1 Å². The molecule has 1 saturated carbocycles. The van der Waals surface area contributed by atoms with Gasteiger partial charge >= 0.3 is 0 Å². The number of ether oxygens (including phenoxy) is 2. The van der Waals surface area contributed by atoms with E-state index in [-0.39, 0.29) is 17.8 Å². The molecule has 1 heterocycles. The van der Waals surface area contributed by atoms with Crippen LogP contribution in [0.25, 0.3) is 0 Å². The molecule has 5 nitrogen and oxygen atoms in total. The second kappa shape index (κ2) is 8.80. The molecule has 0 saturated heterocycles. The van der Waals surface area contributed by atoms with Crippen molar-refractivity contribution < 1.29 is 18.3 Å². The summed E-state index contributed by atoms with van der Waals surface area (Å²) in [6, 6.07) is 5.20. The molecule has 148 valence electrons. The summed E-state index contributed by atoms with van der Waals surface area (Å²) in [7, 11) is 3.62. The second-order valence-electron chi connectivity index (χ2n) is 7.10. The van der Waals surface area contributed by atoms with E-state index in [9.17, 15) is 8.78 Å². The lowest BCUT2D eigenvalue weighted by Gasteiger charge is -2.27. The summed E-state index contributed by atoms with van der Waals surface area (Å²) in [6.45, 7) is 1.20. The Morgan fingerprint density at radius 1 is 1.22 bits per heavy atom. The van der Waals surface area contributed by atoms with Gasteiger partial charge in [0.2, 0.25) is 5.88 Å². The lowest BCUT2D eigenvalue weighted by molar-refractivity contribution is -0.0156. The lowest BCUT2D eigenvalue weighted by Crippen LogP contribution is -2.29. The van der Waals surface area contributed by atoms with Crippen LogP contribution in [0.5, 0.6) is 5.88 Å². The summed E-state index contributed by atoms with van der Waals surface area (Å²) in [6.07, 6.45) is 5.31. The monoisotopic (exact) mass is 379 g/mol. The van der Waals surface area contributed by atoms with Gasteiger partial charge < -0.3 is 14.8 Å². The number of rotatable bonds is 9. The highest BCUT2D eigenvalue weighted by molar-refractivity contribution is 5.20. The van der Waals surface area contributed by atoms with Gasteiger partial charge in [0.1, 0.15) is 18.2 Å². The maximum atomic E-state index is 13.9. The van der Waals surface area contributed by atoms with Gasteiger partial charge in [-0.25, -0.2) is 13.5 Å². The molecule has 0 amide bonds. The molecule has 1 fully saturated rings. The van der Waals surface area contributed by atoms with E-state index in [0.717, 1.165) is 43.2 Å². The van der Waals surface area contributed by atoms with Crippen molar-refractivity contribution in [3.8, 4) is 5.88 Å². The maximum absolute atomic E-state index is 13.9. The summed E-state index contributed by atoms with van der Waals surface area (Å²) < 4.78 is 40.6. The first-order valence-corrected chi connectivity index (χ1v) is 9.38. The highest BCUT2D eigenvalue weighted by atomic mass is 19.1. The fraction of sp³-hybridized carbons (Fsp3) is 0.550. The lowest BCUT2D eigenvalue weighted by atomic mass is 9.98. The summed E-state index contributed by atoms with van der Waals surface area (Å²) in [5.41, 5.74) is 0.924. The van der Waals surface area contributed by atoms with E-state index in [4.69, 9.17) is 9.47 Å². The Balaban J connectivity index is 1.72. The SMILES string of the molecule is CNCc1cc(OCc2cc(F)ccc2F)n(CCC2(OC)CCCC2)n1. The average molecular weight is 379 g/mol. The number of hydrogen-bond donors (Lipinski definition) is 1. The number of nitrogens with zero attached hydrogens (tertiary/aromatic N) is 2. The smallest absolute Gasteiger partial charge is 0.212 e. The van der Waals surface area contributed by atoms with Gasteiger partial charge in [0.05, 0.1) is 11.3 Å². The highest BCUT2D eigenvalue weighted by Gasteiger charge is 2.33. The molecule has 0 aliphatic heterocycles. The Hall–Kier alpha value is -1.99. The standard InChI is InChI=1S/C20H27F2N3O2/c1-23-13-17-12-19(27-14-15-11-16(21)5-6-18(15)22)25(24-17)10-9-20(26-2)7-3-4-8-20/h5-6,11-12,23H,3-4,7-10,13-14H2,1-2H3. The van der Waals surface area contributed by atoms with Crippen molar-refractivity contribution >= 4 is 0 Å². The average Bonchev–Trinajstić information content (AvgIpc) is 3.28. The zero-order valence-corrected chi connectivity index (χ0v) is 15.9. The Morgan fingerprint density at radius 3 is 2.70 bits per heavy atom. The molecule has 1 aromatic heterocycles. The number of methoxy groups -OCH3 is 1. The molecule has 1 aliphatic rings. The van der Waals surface area contributed by atoms with E-state index < -0.39 is 11.6 Å². The van der Waals surface area contributed by atoms with Crippen molar-refractivity contribution in [3.63, 3.8) is 0 Å². The number of aromatic nitrogens is 2. The van der Waals surface area contributed by atoms with E-state index in [1.54, 1.807) is 11.8 Å². The van der Waals surface area contributed by atoms with Gasteiger partial charge in [0.15, 0.2) is 0 Å². The first-order chi connectivity index (χ1) is 13.0. The molecule has 0 spiro atoms. The third-order valence-electron chi connectivity index (χ3n) is 5.26. The van der Waals surface area contributed by atoms with E-state index in [0.29, 0.717) is 19.0 Å². The van der Waals surface area contributed by atoms with Crippen LogP contribution in [0.4, 0.5) is 8.78 Å². The molecule has 27 heavy (non-hydrogen) atoms. The van der Waals surface area contributed by atoms with Crippen LogP contribution in [-0.4, -0.2) is 29.5 Å². The second-order valence-corrected chi connectivity index (χ2v) is 7.10. The Labute approximate surface area is 158 Å². The van der Waals surface area contributed by atoms with Gasteiger partial charge in [-0.05, 0) is 44.5 Å². The first-order valence-electron chi connectivity index (χ1n) is 9.38. The normalized spacial score (nSPS) is 16.0. The predicted molar refractivity (Wildman–Crippen MR) is 98.5 cm³/mol. The van der Waals surface area contributed by atoms with Crippen LogP contribution in [0.15, 0.2) is 24.3 Å². The van der Waals surface area contributed by atoms with Gasteiger partial charge in [-0.3, -0.25) is 0 Å². The molecule has 0 bridgehead atoms. The molecule has 0 atom stereocenters. The summed E-state index contributed by atoms with van der Waals surface area (Å²) in [4.78, 5) is 0. The number of nitrogens with one attached hydrogen (secondary N) is 1. The van der Waals surface area contributed by atoms with Crippen molar-refractivity contribution in [2.75, 3.05) is 14.2 Å². The molecule has 3 rings (SSSR count). The van der Waals surface area contributed by atoms with Gasteiger partial charge in [-0.2, -0.15) is 5.10 Å². The van der Waals surface area contributed by atoms with Gasteiger partial charge in [-0.15, -0.1) is 0 Å². The van der Waals surface area contributed by atoms with Crippen molar-refractivity contribution in [1.29, 1.82) is 0 Å². The number of halogens is 2. The summed E-state index contributed by atoms with van der Waals surface area (Å²) in [5, 5.41) is 7.65. The Bertz CT molecular complexity index is 758. The quantitative estimate of drug-likeness (QED) is 0.720. The number of hydrogen-bond acceptors (Lipinski definition) is 4. The maximum Gasteiger partial charge on any atom is 0.212 e. The largest absolute Gasteiger partial charge is 0.473 e. The molecule has 0 unspecified atom stereocenters. The van der Waals surface area contributed by atoms with Crippen LogP contribution in [0, 0.1) is 11.6 Å². The molecule has 1 aliphatic carbocycles. The number of benzene rings is 1. The van der Waals surface area contributed by atoms with E-state index in [1.165, 1.54) is 12.8 Å². The summed E-state index contributed by atoms with van der Waals surface area (Å²) >= 11 is 0. The minimum Gasteiger partial charge on any atom is -0.473 e. The fourth-order valence-electron chi connectivity index (χ4n) is 3.68.